The van der Waals surface area contributed by atoms with E-state index in [1.807, 2.05) is 54.8 Å². The topological polar surface area (TPSA) is 37.7 Å². The molecule has 27 heavy (non-hydrogen) atoms. The minimum atomic E-state index is 0.0392. The van der Waals surface area contributed by atoms with Crippen LogP contribution in [0.1, 0.15) is 0 Å². The Morgan fingerprint density at radius 2 is 1.85 bits per heavy atom. The molecule has 1 aromatic heterocycles. The number of allylic oxidation sites excluding steroid dienone is 2. The first-order valence-corrected chi connectivity index (χ1v) is 8.97. The minimum Gasteiger partial charge on any atom is -0.442 e. The largest absolute Gasteiger partial charge is 0.442 e. The van der Waals surface area contributed by atoms with Crippen molar-refractivity contribution in [2.45, 2.75) is 0 Å². The Morgan fingerprint density at radius 3 is 2.78 bits per heavy atom. The van der Waals surface area contributed by atoms with Crippen LogP contribution in [0.3, 0.4) is 0 Å². The van der Waals surface area contributed by atoms with Crippen molar-refractivity contribution in [1.29, 1.82) is 0 Å². The van der Waals surface area contributed by atoms with Crippen LogP contribution in [0.2, 0.25) is 0 Å². The molecule has 0 saturated heterocycles. The Morgan fingerprint density at radius 1 is 0.926 bits per heavy atom. The summed E-state index contributed by atoms with van der Waals surface area (Å²) in [5.74, 6) is 2.62. The molecule has 0 N–H and O–H groups in total. The van der Waals surface area contributed by atoms with Gasteiger partial charge in [-0.25, -0.2) is 4.99 Å². The number of aliphatic imine (C=N–C) groups is 1. The van der Waals surface area contributed by atoms with Gasteiger partial charge in [0.05, 0.1) is 11.4 Å². The lowest BCUT2D eigenvalue weighted by atomic mass is 9.47. The first-order chi connectivity index (χ1) is 13.4. The molecule has 4 heterocycles. The molecule has 0 aliphatic carbocycles. The monoisotopic (exact) mass is 347 g/mol. The van der Waals surface area contributed by atoms with Gasteiger partial charge >= 0.3 is 6.85 Å². The molecule has 0 fully saturated rings. The minimum absolute atomic E-state index is 0.0392. The molecule has 6 rings (SSSR count). The summed E-state index contributed by atoms with van der Waals surface area (Å²) in [5.41, 5.74) is 5.36. The van der Waals surface area contributed by atoms with Crippen LogP contribution < -0.4 is 15.7 Å². The average Bonchev–Trinajstić information content (AvgIpc) is 2.74. The zero-order valence-corrected chi connectivity index (χ0v) is 14.4. The highest BCUT2D eigenvalue weighted by molar-refractivity contribution is 6.87. The van der Waals surface area contributed by atoms with Gasteiger partial charge in [-0.1, -0.05) is 42.5 Å². The second-order valence-electron chi connectivity index (χ2n) is 6.74. The number of nitrogens with zero attached hydrogens (tertiary/aromatic N) is 3. The third kappa shape index (κ3) is 2.12. The molecule has 5 heteroatoms. The zero-order chi connectivity index (χ0) is 17.8. The lowest BCUT2D eigenvalue weighted by Crippen LogP contribution is -2.63. The molecule has 3 aliphatic rings. The maximum absolute atomic E-state index is 6.14. The van der Waals surface area contributed by atoms with E-state index in [1.54, 1.807) is 0 Å². The second kappa shape index (κ2) is 5.45. The van der Waals surface area contributed by atoms with Gasteiger partial charge in [0.15, 0.2) is 5.88 Å². The number of aromatic nitrogens is 1. The number of rotatable bonds is 1. The zero-order valence-electron chi connectivity index (χ0n) is 14.4. The van der Waals surface area contributed by atoms with Crippen LogP contribution in [0.4, 0.5) is 5.69 Å². The quantitative estimate of drug-likeness (QED) is 0.635. The van der Waals surface area contributed by atoms with Crippen molar-refractivity contribution in [3.05, 3.63) is 91.0 Å². The predicted molar refractivity (Wildman–Crippen MR) is 108 cm³/mol. The molecule has 4 nitrogen and oxygen atoms in total. The van der Waals surface area contributed by atoms with E-state index in [4.69, 9.17) is 9.73 Å². The number of pyridine rings is 1. The lowest BCUT2D eigenvalue weighted by Gasteiger charge is -2.41. The van der Waals surface area contributed by atoms with E-state index in [1.165, 1.54) is 5.46 Å². The summed E-state index contributed by atoms with van der Waals surface area (Å²) in [6.45, 7) is 0.0392. The van der Waals surface area contributed by atoms with Crippen LogP contribution in [0, 0.1) is 0 Å². The third-order valence-corrected chi connectivity index (χ3v) is 5.17. The van der Waals surface area contributed by atoms with Crippen molar-refractivity contribution >= 4 is 29.3 Å². The van der Waals surface area contributed by atoms with Crippen molar-refractivity contribution < 1.29 is 4.74 Å². The van der Waals surface area contributed by atoms with Crippen molar-refractivity contribution in [2.24, 2.45) is 4.99 Å². The van der Waals surface area contributed by atoms with Gasteiger partial charge in [0.2, 0.25) is 0 Å². The highest BCUT2D eigenvalue weighted by Crippen LogP contribution is 2.32. The van der Waals surface area contributed by atoms with Crippen LogP contribution in [0.25, 0.3) is 11.3 Å². The molecule has 3 aliphatic heterocycles. The number of amidine groups is 1. The second-order valence-corrected chi connectivity index (χ2v) is 6.74. The highest BCUT2D eigenvalue weighted by Gasteiger charge is 2.43. The molecule has 2 aromatic carbocycles. The summed E-state index contributed by atoms with van der Waals surface area (Å²) in [5, 5.41) is 0. The fourth-order valence-electron chi connectivity index (χ4n) is 3.97. The van der Waals surface area contributed by atoms with Gasteiger partial charge in [0.1, 0.15) is 11.6 Å². The van der Waals surface area contributed by atoms with E-state index in [9.17, 15) is 0 Å². The maximum atomic E-state index is 6.14. The molecule has 0 unspecified atom stereocenters. The number of para-hydroxylation sites is 1. The molecule has 126 valence electrons. The van der Waals surface area contributed by atoms with E-state index < -0.39 is 0 Å². The average molecular weight is 347 g/mol. The molecule has 0 saturated carbocycles. The van der Waals surface area contributed by atoms with E-state index in [0.717, 1.165) is 39.9 Å². The van der Waals surface area contributed by atoms with Gasteiger partial charge in [-0.2, -0.15) is 0 Å². The Balaban J connectivity index is 1.61. The van der Waals surface area contributed by atoms with Crippen LogP contribution in [0.15, 0.2) is 96.0 Å². The SMILES string of the molecule is C1=CC2=Nc3ccc(-c4ccccn4)cc3B3c4ccccc4OC(=C1)N32. The molecule has 3 aromatic rings. The third-order valence-electron chi connectivity index (χ3n) is 5.17. The van der Waals surface area contributed by atoms with E-state index in [-0.39, 0.29) is 6.85 Å². The summed E-state index contributed by atoms with van der Waals surface area (Å²) < 4.78 is 6.14. The summed E-state index contributed by atoms with van der Waals surface area (Å²) >= 11 is 0. The maximum Gasteiger partial charge on any atom is 0.338 e. The van der Waals surface area contributed by atoms with Gasteiger partial charge in [0, 0.05) is 6.20 Å². The van der Waals surface area contributed by atoms with Crippen molar-refractivity contribution in [1.82, 2.24) is 9.79 Å². The molecular weight excluding hydrogens is 333 g/mol. The van der Waals surface area contributed by atoms with Gasteiger partial charge < -0.3 is 9.55 Å². The molecule has 0 bridgehead atoms. The predicted octanol–water partition coefficient (Wildman–Crippen LogP) is 3.00. The number of benzene rings is 2. The molecule has 0 atom stereocenters. The van der Waals surface area contributed by atoms with Crippen LogP contribution in [0.5, 0.6) is 5.75 Å². The first kappa shape index (κ1) is 14.6. The van der Waals surface area contributed by atoms with Gasteiger partial charge in [-0.15, -0.1) is 0 Å². The standard InChI is InChI=1S/C22H14BN3O/c1-2-8-20-16(6-1)23-17-14-15(18-7-3-4-13-24-18)11-12-19(17)25-21-9-5-10-22(27-20)26(21)23/h1-14H. The van der Waals surface area contributed by atoms with Crippen LogP contribution in [-0.2, 0) is 0 Å². The summed E-state index contributed by atoms with van der Waals surface area (Å²) in [6.07, 6.45) is 7.84. The fraction of sp³-hybridized carbons (Fsp3) is 0. The van der Waals surface area contributed by atoms with Crippen molar-refractivity contribution in [3.8, 4) is 17.0 Å². The van der Waals surface area contributed by atoms with E-state index in [0.29, 0.717) is 0 Å². The summed E-state index contributed by atoms with van der Waals surface area (Å²) in [4.78, 5) is 11.6. The Hall–Kier alpha value is -3.60. The van der Waals surface area contributed by atoms with Gasteiger partial charge in [-0.3, -0.25) is 4.98 Å². The Bertz CT molecular complexity index is 1170. The normalized spacial score (nSPS) is 15.9. The van der Waals surface area contributed by atoms with E-state index >= 15 is 0 Å². The number of ether oxygens (including phenoxy) is 1. The molecule has 0 amide bonds. The van der Waals surface area contributed by atoms with Crippen molar-refractivity contribution in [3.63, 3.8) is 0 Å². The summed E-state index contributed by atoms with van der Waals surface area (Å²) in [7, 11) is 0. The van der Waals surface area contributed by atoms with Gasteiger partial charge in [-0.05, 0) is 52.9 Å². The number of hydrogen-bond donors (Lipinski definition) is 0. The lowest BCUT2D eigenvalue weighted by molar-refractivity contribution is 0.345. The van der Waals surface area contributed by atoms with Crippen LogP contribution in [-0.4, -0.2) is 22.5 Å². The Labute approximate surface area is 157 Å². The fourth-order valence-corrected chi connectivity index (χ4v) is 3.97. The van der Waals surface area contributed by atoms with Gasteiger partial charge in [0.25, 0.3) is 0 Å². The first-order valence-electron chi connectivity index (χ1n) is 8.97. The Kier molecular flexibility index (Phi) is 2.94. The summed E-state index contributed by atoms with van der Waals surface area (Å²) in [6, 6.07) is 20.6. The molecular formula is C22H14BN3O. The van der Waals surface area contributed by atoms with Crippen molar-refractivity contribution in [2.75, 3.05) is 0 Å². The number of fused-ring (bicyclic) bond motifs is 4. The molecule has 0 spiro atoms. The van der Waals surface area contributed by atoms with Crippen LogP contribution >= 0.6 is 0 Å². The molecule has 0 radical (unpaired) electrons. The highest BCUT2D eigenvalue weighted by atomic mass is 16.5. The van der Waals surface area contributed by atoms with E-state index in [2.05, 4.69) is 40.1 Å². The smallest absolute Gasteiger partial charge is 0.338 e. The number of hydrogen-bond acceptors (Lipinski definition) is 4.